The molecule has 0 aliphatic rings. The number of ether oxygens (including phenoxy) is 1. The van der Waals surface area contributed by atoms with Gasteiger partial charge in [0.05, 0.1) is 12.7 Å². The zero-order chi connectivity index (χ0) is 15.3. The number of ketones is 2. The molecule has 1 aromatic rings. The molecular formula is C14H16BNO4. The first-order valence-electron chi connectivity index (χ1n) is 6.04. The van der Waals surface area contributed by atoms with E-state index in [4.69, 9.17) is 7.98 Å². The van der Waals surface area contributed by atoms with E-state index in [1.165, 1.54) is 21.0 Å². The molecule has 5 nitrogen and oxygen atoms in total. The summed E-state index contributed by atoms with van der Waals surface area (Å²) in [4.78, 5) is 34.8. The van der Waals surface area contributed by atoms with Crippen molar-refractivity contribution in [2.75, 3.05) is 7.11 Å². The Balaban J connectivity index is 3.04. The van der Waals surface area contributed by atoms with Gasteiger partial charge < -0.3 is 9.96 Å². The minimum atomic E-state index is -1.44. The number of hydrogen-bond donors (Lipinski definition) is 1. The average Bonchev–Trinajstić information content (AvgIpc) is 2.43. The minimum absolute atomic E-state index is 0.121. The van der Waals surface area contributed by atoms with Crippen molar-refractivity contribution in [2.45, 2.75) is 25.8 Å². The first-order valence-corrected chi connectivity index (χ1v) is 6.04. The molecule has 0 fully saturated rings. The highest BCUT2D eigenvalue weighted by Gasteiger charge is 2.38. The van der Waals surface area contributed by atoms with Crippen LogP contribution in [-0.4, -0.2) is 38.2 Å². The van der Waals surface area contributed by atoms with Crippen molar-refractivity contribution in [3.63, 3.8) is 0 Å². The van der Waals surface area contributed by atoms with Crippen molar-refractivity contribution in [2.24, 2.45) is 0 Å². The summed E-state index contributed by atoms with van der Waals surface area (Å²) in [6, 6.07) is 6.46. The third-order valence-corrected chi connectivity index (χ3v) is 3.29. The number of nitrogens with one attached hydrogen (secondary N) is 1. The second kappa shape index (κ2) is 6.48. The van der Waals surface area contributed by atoms with Gasteiger partial charge in [-0.3, -0.25) is 9.59 Å². The summed E-state index contributed by atoms with van der Waals surface area (Å²) in [6.45, 7) is 2.62. The molecule has 104 valence electrons. The molecule has 1 rings (SSSR count). The van der Waals surface area contributed by atoms with Gasteiger partial charge in [-0.1, -0.05) is 12.1 Å². The zero-order valence-corrected chi connectivity index (χ0v) is 11.7. The van der Waals surface area contributed by atoms with E-state index in [9.17, 15) is 14.4 Å². The average molecular weight is 273 g/mol. The van der Waals surface area contributed by atoms with Gasteiger partial charge in [-0.05, 0) is 31.5 Å². The molecule has 0 heterocycles. The van der Waals surface area contributed by atoms with E-state index in [2.05, 4.69) is 9.96 Å². The maximum Gasteiger partial charge on any atom is 0.337 e. The molecule has 6 heteroatoms. The molecule has 1 aromatic carbocycles. The summed E-state index contributed by atoms with van der Waals surface area (Å²) >= 11 is 0. The number of methoxy groups -OCH3 is 1. The third kappa shape index (κ3) is 3.14. The van der Waals surface area contributed by atoms with Gasteiger partial charge in [0.1, 0.15) is 5.54 Å². The number of esters is 1. The van der Waals surface area contributed by atoms with Gasteiger partial charge in [0.15, 0.2) is 19.5 Å². The summed E-state index contributed by atoms with van der Waals surface area (Å²) < 4.78 is 4.60. The van der Waals surface area contributed by atoms with E-state index in [0.717, 1.165) is 0 Å². The van der Waals surface area contributed by atoms with Crippen molar-refractivity contribution in [3.05, 3.63) is 35.4 Å². The van der Waals surface area contributed by atoms with E-state index in [0.29, 0.717) is 11.1 Å². The van der Waals surface area contributed by atoms with Gasteiger partial charge in [0.25, 0.3) is 0 Å². The fraction of sp³-hybridized carbons (Fsp3) is 0.357. The smallest absolute Gasteiger partial charge is 0.337 e. The first-order chi connectivity index (χ1) is 9.37. The predicted octanol–water partition coefficient (Wildman–Crippen LogP) is 0.606. The molecule has 0 amide bonds. The standard InChI is InChI=1S/C14H16BNO4/c1-9(17)14(16-15,10(2)18)8-11-4-6-12(7-5-11)13(19)20-3/h4-7,16H,8H2,1-3H3. The number of carbonyl (C=O) groups excluding carboxylic acids is 3. The Hall–Kier alpha value is -1.95. The van der Waals surface area contributed by atoms with Crippen LogP contribution in [-0.2, 0) is 20.7 Å². The highest BCUT2D eigenvalue weighted by molar-refractivity contribution is 6.17. The van der Waals surface area contributed by atoms with Gasteiger partial charge >= 0.3 is 5.97 Å². The lowest BCUT2D eigenvalue weighted by Crippen LogP contribution is -2.57. The number of hydrogen-bond acceptors (Lipinski definition) is 5. The van der Waals surface area contributed by atoms with E-state index >= 15 is 0 Å². The van der Waals surface area contributed by atoms with Crippen molar-refractivity contribution in [1.29, 1.82) is 0 Å². The first kappa shape index (κ1) is 16.1. The largest absolute Gasteiger partial charge is 0.465 e. The van der Waals surface area contributed by atoms with Crippen molar-refractivity contribution >= 4 is 25.5 Å². The van der Waals surface area contributed by atoms with Gasteiger partial charge in [0, 0.05) is 6.42 Å². The molecule has 0 aromatic heterocycles. The Kier molecular flexibility index (Phi) is 5.22. The highest BCUT2D eigenvalue weighted by atomic mass is 16.5. The topological polar surface area (TPSA) is 72.5 Å². The highest BCUT2D eigenvalue weighted by Crippen LogP contribution is 2.17. The Bertz CT molecular complexity index is 510. The van der Waals surface area contributed by atoms with Gasteiger partial charge in [-0.25, -0.2) is 4.79 Å². The zero-order valence-electron chi connectivity index (χ0n) is 11.7. The molecule has 1 N–H and O–H groups in total. The van der Waals surface area contributed by atoms with Gasteiger partial charge in [0.2, 0.25) is 0 Å². The van der Waals surface area contributed by atoms with E-state index < -0.39 is 11.5 Å². The Morgan fingerprint density at radius 1 is 1.15 bits per heavy atom. The van der Waals surface area contributed by atoms with Crippen LogP contribution in [0.4, 0.5) is 0 Å². The van der Waals surface area contributed by atoms with Crippen LogP contribution in [0, 0.1) is 0 Å². The summed E-state index contributed by atoms with van der Waals surface area (Å²) in [6.07, 6.45) is 0.121. The maximum absolute atomic E-state index is 11.7. The molecule has 0 saturated carbocycles. The molecule has 0 atom stereocenters. The lowest BCUT2D eigenvalue weighted by atomic mass is 9.82. The summed E-state index contributed by atoms with van der Waals surface area (Å²) in [5, 5.41) is 2.32. The van der Waals surface area contributed by atoms with Crippen molar-refractivity contribution in [1.82, 2.24) is 5.23 Å². The predicted molar refractivity (Wildman–Crippen MR) is 74.5 cm³/mol. The lowest BCUT2D eigenvalue weighted by molar-refractivity contribution is -0.133. The van der Waals surface area contributed by atoms with Crippen LogP contribution in [0.3, 0.4) is 0 Å². The molecule has 2 radical (unpaired) electrons. The molecule has 0 aliphatic heterocycles. The molecule has 0 unspecified atom stereocenters. The maximum atomic E-state index is 11.7. The van der Waals surface area contributed by atoms with Crippen LogP contribution < -0.4 is 5.23 Å². The van der Waals surface area contributed by atoms with Gasteiger partial charge in [-0.2, -0.15) is 0 Å². The third-order valence-electron chi connectivity index (χ3n) is 3.29. The normalized spacial score (nSPS) is 10.9. The van der Waals surface area contributed by atoms with E-state index in [1.807, 2.05) is 0 Å². The number of rotatable bonds is 6. The summed E-state index contributed by atoms with van der Waals surface area (Å²) in [7, 11) is 6.69. The number of Topliss-reactive ketones (excluding diaryl/α,β-unsaturated/α-hetero) is 2. The van der Waals surface area contributed by atoms with Crippen LogP contribution in [0.1, 0.15) is 29.8 Å². The second-order valence-electron chi connectivity index (χ2n) is 4.53. The Morgan fingerprint density at radius 3 is 2.00 bits per heavy atom. The van der Waals surface area contributed by atoms with Crippen LogP contribution in [0.2, 0.25) is 0 Å². The Morgan fingerprint density at radius 2 is 1.65 bits per heavy atom. The van der Waals surface area contributed by atoms with Crippen molar-refractivity contribution < 1.29 is 19.1 Å². The van der Waals surface area contributed by atoms with Crippen LogP contribution >= 0.6 is 0 Å². The molecule has 0 spiro atoms. The SMILES string of the molecule is [B]NC(Cc1ccc(C(=O)OC)cc1)(C(C)=O)C(C)=O. The molecule has 0 aliphatic carbocycles. The quantitative estimate of drug-likeness (QED) is 0.467. The summed E-state index contributed by atoms with van der Waals surface area (Å²) in [5.74, 6) is -1.16. The lowest BCUT2D eigenvalue weighted by Gasteiger charge is -2.28. The van der Waals surface area contributed by atoms with Crippen molar-refractivity contribution in [3.8, 4) is 0 Å². The van der Waals surface area contributed by atoms with Crippen LogP contribution in [0.5, 0.6) is 0 Å². The van der Waals surface area contributed by atoms with Gasteiger partial charge in [-0.15, -0.1) is 0 Å². The number of carbonyl (C=O) groups is 3. The Labute approximate surface area is 119 Å². The molecule has 0 saturated heterocycles. The fourth-order valence-electron chi connectivity index (χ4n) is 1.93. The van der Waals surface area contributed by atoms with Crippen LogP contribution in [0.15, 0.2) is 24.3 Å². The van der Waals surface area contributed by atoms with E-state index in [1.54, 1.807) is 24.3 Å². The molecule has 0 bridgehead atoms. The molecular weight excluding hydrogens is 257 g/mol. The minimum Gasteiger partial charge on any atom is -0.465 e. The monoisotopic (exact) mass is 273 g/mol. The molecule has 20 heavy (non-hydrogen) atoms. The number of benzene rings is 1. The fourth-order valence-corrected chi connectivity index (χ4v) is 1.93. The van der Waals surface area contributed by atoms with Crippen LogP contribution in [0.25, 0.3) is 0 Å². The second-order valence-corrected chi connectivity index (χ2v) is 4.53. The summed E-state index contributed by atoms with van der Waals surface area (Å²) in [5.41, 5.74) is -0.332. The van der Waals surface area contributed by atoms with E-state index in [-0.39, 0.29) is 18.0 Å².